The zero-order valence-corrected chi connectivity index (χ0v) is 17.7. The number of amides is 2. The van der Waals surface area contributed by atoms with Crippen molar-refractivity contribution in [2.45, 2.75) is 31.6 Å². The van der Waals surface area contributed by atoms with E-state index in [-0.39, 0.29) is 24.4 Å². The summed E-state index contributed by atoms with van der Waals surface area (Å²) >= 11 is 2.33. The highest BCUT2D eigenvalue weighted by molar-refractivity contribution is 14.1. The number of piperazine rings is 1. The number of hydrogen-bond donors (Lipinski definition) is 0. The van der Waals surface area contributed by atoms with Crippen molar-refractivity contribution in [3.8, 4) is 0 Å². The lowest BCUT2D eigenvalue weighted by Gasteiger charge is -2.35. The summed E-state index contributed by atoms with van der Waals surface area (Å²) in [6.45, 7) is 3.38. The smallest absolute Gasteiger partial charge is 0.254 e. The second-order valence-electron chi connectivity index (χ2n) is 7.96. The van der Waals surface area contributed by atoms with Gasteiger partial charge in [0.1, 0.15) is 6.54 Å². The van der Waals surface area contributed by atoms with Crippen LogP contribution in [0.4, 0.5) is 0 Å². The largest absolute Gasteiger partial charge is 0.335 e. The van der Waals surface area contributed by atoms with Gasteiger partial charge in [0, 0.05) is 47.4 Å². The summed E-state index contributed by atoms with van der Waals surface area (Å²) < 4.78 is 1.25. The Morgan fingerprint density at radius 3 is 2.54 bits per heavy atom. The summed E-state index contributed by atoms with van der Waals surface area (Å²) in [5.74, 6) is 0.0659. The molecule has 0 radical (unpaired) electrons. The molecule has 2 aromatic rings. The van der Waals surface area contributed by atoms with Crippen LogP contribution in [-0.2, 0) is 17.9 Å². The first-order valence-electron chi connectivity index (χ1n) is 9.73. The molecule has 6 heteroatoms. The molecule has 0 aliphatic carbocycles. The molecule has 3 heterocycles. The van der Waals surface area contributed by atoms with Crippen LogP contribution in [0.15, 0.2) is 48.5 Å². The second kappa shape index (κ2) is 7.15. The van der Waals surface area contributed by atoms with E-state index in [0.29, 0.717) is 12.6 Å². The normalized spacial score (nSPS) is 23.5. The fourth-order valence-corrected chi connectivity index (χ4v) is 5.13. The molecule has 5 rings (SSSR count). The Balaban J connectivity index is 1.19. The molecule has 2 aromatic carbocycles. The summed E-state index contributed by atoms with van der Waals surface area (Å²) in [5, 5.41) is 0. The lowest BCUT2D eigenvalue weighted by atomic mass is 10.1. The number of hydrogen-bond acceptors (Lipinski definition) is 3. The van der Waals surface area contributed by atoms with Crippen LogP contribution in [-0.4, -0.2) is 58.2 Å². The van der Waals surface area contributed by atoms with Gasteiger partial charge in [0.05, 0.1) is 0 Å². The predicted octanol–water partition coefficient (Wildman–Crippen LogP) is 2.73. The zero-order chi connectivity index (χ0) is 19.3. The molecule has 0 aromatic heterocycles. The quantitative estimate of drug-likeness (QED) is 0.624. The molecule has 0 saturated carbocycles. The third kappa shape index (κ3) is 3.22. The van der Waals surface area contributed by atoms with E-state index in [1.54, 1.807) is 4.90 Å². The number of nitrogens with zero attached hydrogens (tertiary/aromatic N) is 3. The van der Waals surface area contributed by atoms with Crippen molar-refractivity contribution in [3.05, 3.63) is 68.8 Å². The Labute approximate surface area is 178 Å². The van der Waals surface area contributed by atoms with Gasteiger partial charge in [0.15, 0.2) is 0 Å². The van der Waals surface area contributed by atoms with Crippen LogP contribution >= 0.6 is 22.6 Å². The van der Waals surface area contributed by atoms with Crippen molar-refractivity contribution >= 4 is 34.4 Å². The molecule has 2 atom stereocenters. The number of fused-ring (bicyclic) bond motifs is 3. The van der Waals surface area contributed by atoms with Crippen molar-refractivity contribution in [1.29, 1.82) is 0 Å². The molecule has 0 N–H and O–H groups in total. The van der Waals surface area contributed by atoms with Crippen molar-refractivity contribution < 1.29 is 9.59 Å². The summed E-state index contributed by atoms with van der Waals surface area (Å²) in [5.41, 5.74) is 3.08. The fourth-order valence-electron chi connectivity index (χ4n) is 4.77. The molecule has 5 nitrogen and oxygen atoms in total. The minimum absolute atomic E-state index is 0.0198. The maximum absolute atomic E-state index is 12.9. The third-order valence-corrected chi connectivity index (χ3v) is 6.91. The SMILES string of the molecule is O=C1c2ccccc2CN1CC(=O)N1C[C@@H]2C[C@H]1CN2Cc1ccc(I)cc1. The van der Waals surface area contributed by atoms with Gasteiger partial charge in [-0.3, -0.25) is 14.5 Å². The minimum atomic E-state index is -0.0198. The Bertz CT molecular complexity index is 930. The Morgan fingerprint density at radius 2 is 1.82 bits per heavy atom. The molecule has 2 bridgehead atoms. The van der Waals surface area contributed by atoms with E-state index < -0.39 is 0 Å². The summed E-state index contributed by atoms with van der Waals surface area (Å²) in [6.07, 6.45) is 1.05. The Morgan fingerprint density at radius 1 is 1.04 bits per heavy atom. The highest BCUT2D eigenvalue weighted by Crippen LogP contribution is 2.32. The Kier molecular flexibility index (Phi) is 4.63. The van der Waals surface area contributed by atoms with Crippen molar-refractivity contribution in [2.75, 3.05) is 19.6 Å². The second-order valence-corrected chi connectivity index (χ2v) is 9.21. The van der Waals surface area contributed by atoms with E-state index in [1.165, 1.54) is 9.13 Å². The average molecular weight is 487 g/mol. The number of likely N-dealkylation sites (tertiary alicyclic amines) is 2. The van der Waals surface area contributed by atoms with Crippen LogP contribution in [0.25, 0.3) is 0 Å². The zero-order valence-electron chi connectivity index (χ0n) is 15.6. The molecular formula is C22H22IN3O2. The fraction of sp³-hybridized carbons (Fsp3) is 0.364. The van der Waals surface area contributed by atoms with Crippen LogP contribution < -0.4 is 0 Å². The lowest BCUT2D eigenvalue weighted by Crippen LogP contribution is -2.51. The van der Waals surface area contributed by atoms with Crippen molar-refractivity contribution in [1.82, 2.24) is 14.7 Å². The number of benzene rings is 2. The first kappa shape index (κ1) is 18.1. The summed E-state index contributed by atoms with van der Waals surface area (Å²) in [7, 11) is 0. The molecule has 144 valence electrons. The monoisotopic (exact) mass is 487 g/mol. The maximum atomic E-state index is 12.9. The van der Waals surface area contributed by atoms with Crippen LogP contribution in [0.3, 0.4) is 0 Å². The van der Waals surface area contributed by atoms with Crippen molar-refractivity contribution in [2.24, 2.45) is 0 Å². The van der Waals surface area contributed by atoms with E-state index in [1.807, 2.05) is 29.2 Å². The van der Waals surface area contributed by atoms with E-state index in [9.17, 15) is 9.59 Å². The van der Waals surface area contributed by atoms with Crippen LogP contribution in [0, 0.1) is 3.57 Å². The van der Waals surface area contributed by atoms with Crippen molar-refractivity contribution in [3.63, 3.8) is 0 Å². The van der Waals surface area contributed by atoms with Gasteiger partial charge in [-0.2, -0.15) is 0 Å². The number of carbonyl (C=O) groups excluding carboxylic acids is 2. The standard InChI is InChI=1S/C22H22IN3O2/c23-17-7-5-15(6-8-17)10-24-12-19-9-18(24)13-26(19)21(27)14-25-11-16-3-1-2-4-20(16)22(25)28/h1-8,18-19H,9-14H2/t18-,19-/m0/s1. The molecule has 2 saturated heterocycles. The Hall–Kier alpha value is -1.93. The maximum Gasteiger partial charge on any atom is 0.254 e. The van der Waals surface area contributed by atoms with Gasteiger partial charge in [-0.15, -0.1) is 0 Å². The van der Waals surface area contributed by atoms with Gasteiger partial charge in [0.2, 0.25) is 5.91 Å². The van der Waals surface area contributed by atoms with Crippen LogP contribution in [0.1, 0.15) is 27.9 Å². The first-order valence-corrected chi connectivity index (χ1v) is 10.8. The van der Waals surface area contributed by atoms with Crippen LogP contribution in [0.5, 0.6) is 0 Å². The van der Waals surface area contributed by atoms with Gasteiger partial charge in [-0.05, 0) is 58.3 Å². The first-order chi connectivity index (χ1) is 13.6. The van der Waals surface area contributed by atoms with Crippen LogP contribution in [0.2, 0.25) is 0 Å². The van der Waals surface area contributed by atoms with Gasteiger partial charge in [0.25, 0.3) is 5.91 Å². The van der Waals surface area contributed by atoms with E-state index >= 15 is 0 Å². The van der Waals surface area contributed by atoms with Gasteiger partial charge < -0.3 is 9.80 Å². The average Bonchev–Trinajstić information content (AvgIpc) is 3.37. The van der Waals surface area contributed by atoms with Gasteiger partial charge in [-0.25, -0.2) is 0 Å². The number of carbonyl (C=O) groups is 2. The van der Waals surface area contributed by atoms with Gasteiger partial charge in [-0.1, -0.05) is 30.3 Å². The molecule has 2 fully saturated rings. The molecule has 3 aliphatic rings. The summed E-state index contributed by atoms with van der Waals surface area (Å²) in [6, 6.07) is 17.0. The molecule has 28 heavy (non-hydrogen) atoms. The van der Waals surface area contributed by atoms with E-state index in [0.717, 1.165) is 37.2 Å². The molecule has 2 amide bonds. The molecule has 0 unspecified atom stereocenters. The number of halogens is 1. The minimum Gasteiger partial charge on any atom is -0.335 e. The van der Waals surface area contributed by atoms with E-state index in [2.05, 4.69) is 51.8 Å². The molecule has 3 aliphatic heterocycles. The highest BCUT2D eigenvalue weighted by Gasteiger charge is 2.45. The molecule has 0 spiro atoms. The topological polar surface area (TPSA) is 43.9 Å². The highest BCUT2D eigenvalue weighted by atomic mass is 127. The number of rotatable bonds is 4. The lowest BCUT2D eigenvalue weighted by molar-refractivity contribution is -0.134. The molecular weight excluding hydrogens is 465 g/mol. The third-order valence-electron chi connectivity index (χ3n) is 6.20. The van der Waals surface area contributed by atoms with E-state index in [4.69, 9.17) is 0 Å². The predicted molar refractivity (Wildman–Crippen MR) is 115 cm³/mol. The van der Waals surface area contributed by atoms with Gasteiger partial charge >= 0.3 is 0 Å². The summed E-state index contributed by atoms with van der Waals surface area (Å²) in [4.78, 5) is 31.6.